The van der Waals surface area contributed by atoms with Gasteiger partial charge in [0.2, 0.25) is 0 Å². The number of thiocarbonyl (C=S) groups is 1. The van der Waals surface area contributed by atoms with Crippen molar-refractivity contribution in [2.75, 3.05) is 0 Å². The van der Waals surface area contributed by atoms with Crippen molar-refractivity contribution in [2.45, 2.75) is 0 Å². The molecule has 0 saturated heterocycles. The normalized spacial score (nSPS) is 11.2. The number of pyridine rings is 1. The third-order valence-corrected chi connectivity index (χ3v) is 2.66. The summed E-state index contributed by atoms with van der Waals surface area (Å²) in [4.78, 5) is 14.9. The second-order valence-corrected chi connectivity index (χ2v) is 4.11. The van der Waals surface area contributed by atoms with Crippen molar-refractivity contribution in [3.05, 3.63) is 51.8 Å². The number of benzene rings is 1. The van der Waals surface area contributed by atoms with Gasteiger partial charge in [0.25, 0.3) is 0 Å². The van der Waals surface area contributed by atoms with Gasteiger partial charge in [-0.2, -0.15) is 5.26 Å². The van der Waals surface area contributed by atoms with Crippen LogP contribution < -0.4 is 11.2 Å². The Balaban J connectivity index is 2.65. The van der Waals surface area contributed by atoms with Gasteiger partial charge in [-0.05, 0) is 18.2 Å². The molecule has 0 unspecified atom stereocenters. The number of aromatic amines is 1. The van der Waals surface area contributed by atoms with E-state index in [1.54, 1.807) is 18.2 Å². The lowest BCUT2D eigenvalue weighted by Gasteiger charge is -2.00. The molecule has 0 aliphatic carbocycles. The smallest absolute Gasteiger partial charge is 0.189 e. The highest BCUT2D eigenvalue weighted by Gasteiger charge is 2.03. The van der Waals surface area contributed by atoms with Crippen LogP contribution in [0.25, 0.3) is 17.0 Å². The van der Waals surface area contributed by atoms with E-state index in [4.69, 9.17) is 23.2 Å². The van der Waals surface area contributed by atoms with Crippen molar-refractivity contribution < 1.29 is 0 Å². The van der Waals surface area contributed by atoms with E-state index in [1.807, 2.05) is 12.1 Å². The third kappa shape index (κ3) is 2.29. The van der Waals surface area contributed by atoms with Crippen LogP contribution in [0.5, 0.6) is 0 Å². The highest BCUT2D eigenvalue weighted by Crippen LogP contribution is 2.09. The van der Waals surface area contributed by atoms with Gasteiger partial charge in [-0.15, -0.1) is 0 Å². The predicted octanol–water partition coefficient (Wildman–Crippen LogP) is 1.72. The number of aromatic nitrogens is 1. The fourth-order valence-corrected chi connectivity index (χ4v) is 1.71. The number of nitrogens with two attached hydrogens (primary N) is 1. The van der Waals surface area contributed by atoms with E-state index < -0.39 is 0 Å². The van der Waals surface area contributed by atoms with Crippen molar-refractivity contribution >= 4 is 34.2 Å². The fourth-order valence-electron chi connectivity index (χ4n) is 1.61. The highest BCUT2D eigenvalue weighted by atomic mass is 32.1. The topological polar surface area (TPSA) is 82.7 Å². The average Bonchev–Trinajstić information content (AvgIpc) is 2.35. The molecule has 1 heterocycles. The van der Waals surface area contributed by atoms with Gasteiger partial charge in [0.1, 0.15) is 11.1 Å². The molecule has 88 valence electrons. The minimum absolute atomic E-state index is 0.00603. The predicted molar refractivity (Wildman–Crippen MR) is 74.9 cm³/mol. The zero-order chi connectivity index (χ0) is 13.1. The van der Waals surface area contributed by atoms with Crippen molar-refractivity contribution in [1.29, 1.82) is 5.26 Å². The molecule has 4 nitrogen and oxygen atoms in total. The summed E-state index contributed by atoms with van der Waals surface area (Å²) in [6, 6.07) is 10.5. The number of rotatable bonds is 2. The molecule has 0 saturated carbocycles. The summed E-state index contributed by atoms with van der Waals surface area (Å²) in [5.74, 6) is 0. The second kappa shape index (κ2) is 4.82. The maximum absolute atomic E-state index is 11.8. The Morgan fingerprint density at radius 3 is 2.83 bits per heavy atom. The van der Waals surface area contributed by atoms with Crippen molar-refractivity contribution in [2.24, 2.45) is 5.73 Å². The maximum atomic E-state index is 11.8. The van der Waals surface area contributed by atoms with E-state index in [9.17, 15) is 4.79 Å². The van der Waals surface area contributed by atoms with Gasteiger partial charge in [-0.25, -0.2) is 0 Å². The Morgan fingerprint density at radius 2 is 2.17 bits per heavy atom. The van der Waals surface area contributed by atoms with E-state index in [2.05, 4.69) is 4.98 Å². The molecular weight excluding hydrogens is 246 g/mol. The van der Waals surface area contributed by atoms with Crippen LogP contribution in [0.15, 0.2) is 40.7 Å². The summed E-state index contributed by atoms with van der Waals surface area (Å²) in [6.45, 7) is 0. The van der Waals surface area contributed by atoms with Crippen LogP contribution >= 0.6 is 12.2 Å². The Morgan fingerprint density at radius 1 is 1.44 bits per heavy atom. The molecule has 0 amide bonds. The first-order valence-corrected chi connectivity index (χ1v) is 5.56. The molecule has 0 fully saturated rings. The molecule has 3 N–H and O–H groups in total. The van der Waals surface area contributed by atoms with Crippen molar-refractivity contribution in [3.63, 3.8) is 0 Å². The first-order chi connectivity index (χ1) is 8.61. The molecular formula is C13H9N3OS. The van der Waals surface area contributed by atoms with Gasteiger partial charge in [0.15, 0.2) is 5.43 Å². The Labute approximate surface area is 108 Å². The average molecular weight is 255 g/mol. The molecule has 2 rings (SSSR count). The lowest BCUT2D eigenvalue weighted by molar-refractivity contribution is 1.35. The van der Waals surface area contributed by atoms with E-state index in [0.717, 1.165) is 0 Å². The van der Waals surface area contributed by atoms with E-state index in [1.165, 1.54) is 12.1 Å². The molecule has 0 radical (unpaired) electrons. The quantitative estimate of drug-likeness (QED) is 0.486. The van der Waals surface area contributed by atoms with Crippen molar-refractivity contribution in [3.8, 4) is 6.07 Å². The molecule has 0 spiro atoms. The summed E-state index contributed by atoms with van der Waals surface area (Å²) < 4.78 is 0. The number of nitrogens with one attached hydrogen (secondary N) is 1. The lowest BCUT2D eigenvalue weighted by atomic mass is 10.1. The zero-order valence-corrected chi connectivity index (χ0v) is 10.1. The van der Waals surface area contributed by atoms with Gasteiger partial charge in [-0.1, -0.05) is 24.4 Å². The van der Waals surface area contributed by atoms with Gasteiger partial charge < -0.3 is 10.7 Å². The Bertz CT molecular complexity index is 753. The molecule has 2 aromatic rings. The highest BCUT2D eigenvalue weighted by molar-refractivity contribution is 7.80. The SMILES string of the molecule is N#C/C(=C/c1cc(=O)c2ccccc2[nH]1)C(N)=S. The monoisotopic (exact) mass is 255 g/mol. The molecule has 1 aromatic heterocycles. The second-order valence-electron chi connectivity index (χ2n) is 3.67. The lowest BCUT2D eigenvalue weighted by Crippen LogP contribution is -2.10. The summed E-state index contributed by atoms with van der Waals surface area (Å²) >= 11 is 4.74. The van der Waals surface area contributed by atoms with Gasteiger partial charge in [0, 0.05) is 22.7 Å². The first kappa shape index (κ1) is 12.0. The van der Waals surface area contributed by atoms with Crippen molar-refractivity contribution in [1.82, 2.24) is 4.98 Å². The Hall–Kier alpha value is -2.45. The minimum atomic E-state index is -0.115. The van der Waals surface area contributed by atoms with E-state index in [0.29, 0.717) is 16.6 Å². The van der Waals surface area contributed by atoms with Crippen LogP contribution in [-0.4, -0.2) is 9.97 Å². The largest absolute Gasteiger partial charge is 0.389 e. The minimum Gasteiger partial charge on any atom is -0.389 e. The number of hydrogen-bond acceptors (Lipinski definition) is 3. The van der Waals surface area contributed by atoms with E-state index in [-0.39, 0.29) is 16.0 Å². The first-order valence-electron chi connectivity index (χ1n) is 5.15. The zero-order valence-electron chi connectivity index (χ0n) is 9.31. The molecule has 0 aliphatic rings. The molecule has 5 heteroatoms. The third-order valence-electron chi connectivity index (χ3n) is 2.44. The number of fused-ring (bicyclic) bond motifs is 1. The molecule has 0 aliphatic heterocycles. The summed E-state index contributed by atoms with van der Waals surface area (Å²) in [6.07, 6.45) is 1.47. The number of hydrogen-bond donors (Lipinski definition) is 2. The number of nitrogens with zero attached hydrogens (tertiary/aromatic N) is 1. The Kier molecular flexibility index (Phi) is 3.22. The molecule has 1 aromatic carbocycles. The van der Waals surface area contributed by atoms with E-state index >= 15 is 0 Å². The fraction of sp³-hybridized carbons (Fsp3) is 0. The number of para-hydroxylation sites is 1. The van der Waals surface area contributed by atoms with Crippen LogP contribution in [0.4, 0.5) is 0 Å². The van der Waals surface area contributed by atoms with Crippen LogP contribution in [0.1, 0.15) is 5.69 Å². The molecule has 18 heavy (non-hydrogen) atoms. The van der Waals surface area contributed by atoms with Crippen LogP contribution in [0.3, 0.4) is 0 Å². The molecule has 0 atom stereocenters. The van der Waals surface area contributed by atoms with Crippen LogP contribution in [-0.2, 0) is 0 Å². The number of H-pyrrole nitrogens is 1. The van der Waals surface area contributed by atoms with Gasteiger partial charge in [-0.3, -0.25) is 4.79 Å². The molecule has 0 bridgehead atoms. The van der Waals surface area contributed by atoms with Crippen LogP contribution in [0.2, 0.25) is 0 Å². The summed E-state index contributed by atoms with van der Waals surface area (Å²) in [5.41, 5.74) is 6.65. The summed E-state index contributed by atoms with van der Waals surface area (Å²) in [7, 11) is 0. The van der Waals surface area contributed by atoms with Gasteiger partial charge in [0.05, 0.1) is 5.57 Å². The van der Waals surface area contributed by atoms with Crippen LogP contribution in [0, 0.1) is 11.3 Å². The maximum Gasteiger partial charge on any atom is 0.189 e. The standard InChI is InChI=1S/C13H9N3OS/c14-7-8(13(15)18)5-9-6-12(17)10-3-1-2-4-11(10)16-9/h1-6H,(H2,15,18)(H,16,17)/b8-5-. The number of nitriles is 1. The van der Waals surface area contributed by atoms with Gasteiger partial charge >= 0.3 is 0 Å². The summed E-state index contributed by atoms with van der Waals surface area (Å²) in [5, 5.41) is 9.46.